The Morgan fingerprint density at radius 1 is 1.35 bits per heavy atom. The third-order valence-electron chi connectivity index (χ3n) is 2.64. The summed E-state index contributed by atoms with van der Waals surface area (Å²) in [6.45, 7) is 6.01. The number of hydrogen-bond acceptors (Lipinski definition) is 3. The molecule has 0 saturated heterocycles. The van der Waals surface area contributed by atoms with Gasteiger partial charge >= 0.3 is 0 Å². The first-order chi connectivity index (χ1) is 7.80. The maximum Gasteiger partial charge on any atom is 0.261 e. The van der Waals surface area contributed by atoms with Crippen LogP contribution < -0.4 is 0 Å². The summed E-state index contributed by atoms with van der Waals surface area (Å²) in [6.07, 6.45) is 0. The number of halogens is 1. The highest BCUT2D eigenvalue weighted by molar-refractivity contribution is 8.13. The minimum absolute atomic E-state index is 0.0834. The summed E-state index contributed by atoms with van der Waals surface area (Å²) < 4.78 is 24.5. The van der Waals surface area contributed by atoms with Gasteiger partial charge in [-0.15, -0.1) is 0 Å². The average Bonchev–Trinajstić information content (AvgIpc) is 2.50. The Labute approximate surface area is 105 Å². The first-order valence-corrected chi connectivity index (χ1v) is 7.55. The molecule has 0 saturated carbocycles. The fraction of sp³-hybridized carbons (Fsp3) is 0.364. The second-order valence-corrected chi connectivity index (χ2v) is 6.78. The number of aryl methyl sites for hydroxylation is 1. The summed E-state index contributed by atoms with van der Waals surface area (Å²) in [5.74, 6) is 0.860. The number of benzene rings is 1. The van der Waals surface area contributed by atoms with E-state index in [9.17, 15) is 8.42 Å². The van der Waals surface area contributed by atoms with Crippen molar-refractivity contribution in [3.05, 3.63) is 24.0 Å². The maximum atomic E-state index is 11.2. The molecule has 0 unspecified atom stereocenters. The van der Waals surface area contributed by atoms with E-state index in [-0.39, 0.29) is 10.9 Å². The van der Waals surface area contributed by atoms with Gasteiger partial charge in [0.2, 0.25) is 0 Å². The molecular weight excluding hydrogens is 260 g/mol. The highest BCUT2D eigenvalue weighted by Crippen LogP contribution is 2.24. The minimum Gasteiger partial charge on any atom is -0.326 e. The molecule has 6 heteroatoms. The van der Waals surface area contributed by atoms with E-state index in [1.54, 1.807) is 6.07 Å². The Bertz CT molecular complexity index is 674. The molecule has 0 amide bonds. The zero-order valence-corrected chi connectivity index (χ0v) is 11.4. The van der Waals surface area contributed by atoms with E-state index in [1.165, 1.54) is 12.1 Å². The van der Waals surface area contributed by atoms with Crippen molar-refractivity contribution in [3.63, 3.8) is 0 Å². The number of fused-ring (bicyclic) bond motifs is 1. The number of imidazole rings is 1. The quantitative estimate of drug-likeness (QED) is 0.790. The third kappa shape index (κ3) is 2.17. The highest BCUT2D eigenvalue weighted by Gasteiger charge is 2.15. The predicted molar refractivity (Wildman–Crippen MR) is 67.9 cm³/mol. The maximum absolute atomic E-state index is 11.2. The molecular formula is C11H13ClN2O2S. The average molecular weight is 273 g/mol. The van der Waals surface area contributed by atoms with Crippen molar-refractivity contribution in [1.82, 2.24) is 9.55 Å². The number of rotatable bonds is 2. The van der Waals surface area contributed by atoms with Crippen molar-refractivity contribution in [2.75, 3.05) is 0 Å². The molecule has 0 fully saturated rings. The van der Waals surface area contributed by atoms with Crippen LogP contribution in [0.25, 0.3) is 11.0 Å². The van der Waals surface area contributed by atoms with Gasteiger partial charge in [-0.3, -0.25) is 0 Å². The summed E-state index contributed by atoms with van der Waals surface area (Å²) in [6, 6.07) is 5.03. The largest absolute Gasteiger partial charge is 0.326 e. The van der Waals surface area contributed by atoms with Crippen molar-refractivity contribution < 1.29 is 8.42 Å². The first-order valence-electron chi connectivity index (χ1n) is 5.24. The molecule has 1 heterocycles. The van der Waals surface area contributed by atoms with Gasteiger partial charge in [-0.05, 0) is 39.0 Å². The summed E-state index contributed by atoms with van der Waals surface area (Å²) in [7, 11) is 1.61. The van der Waals surface area contributed by atoms with Crippen LogP contribution in [-0.2, 0) is 9.05 Å². The van der Waals surface area contributed by atoms with Crippen LogP contribution in [0.4, 0.5) is 0 Å². The van der Waals surface area contributed by atoms with Crippen molar-refractivity contribution in [2.45, 2.75) is 31.7 Å². The lowest BCUT2D eigenvalue weighted by atomic mass is 10.3. The Morgan fingerprint density at radius 3 is 2.53 bits per heavy atom. The van der Waals surface area contributed by atoms with E-state index in [1.807, 2.05) is 6.92 Å². The summed E-state index contributed by atoms with van der Waals surface area (Å²) in [5, 5.41) is 0. The first kappa shape index (κ1) is 12.4. The Balaban J connectivity index is 2.75. The van der Waals surface area contributed by atoms with E-state index in [4.69, 9.17) is 10.7 Å². The molecule has 1 aromatic carbocycles. The van der Waals surface area contributed by atoms with E-state index < -0.39 is 9.05 Å². The highest BCUT2D eigenvalue weighted by atomic mass is 35.7. The summed E-state index contributed by atoms with van der Waals surface area (Å²) >= 11 is 0. The second-order valence-electron chi connectivity index (χ2n) is 4.21. The van der Waals surface area contributed by atoms with Gasteiger partial charge in [0.25, 0.3) is 9.05 Å². The number of aromatic nitrogens is 2. The van der Waals surface area contributed by atoms with Crippen LogP contribution in [0.3, 0.4) is 0 Å². The predicted octanol–water partition coefficient (Wildman–Crippen LogP) is 2.85. The molecule has 0 radical (unpaired) electrons. The van der Waals surface area contributed by atoms with E-state index in [0.29, 0.717) is 5.52 Å². The van der Waals surface area contributed by atoms with Gasteiger partial charge in [-0.25, -0.2) is 13.4 Å². The summed E-state index contributed by atoms with van der Waals surface area (Å²) in [4.78, 5) is 4.43. The molecule has 0 aliphatic heterocycles. The second kappa shape index (κ2) is 3.99. The van der Waals surface area contributed by atoms with Gasteiger partial charge in [-0.1, -0.05) is 0 Å². The van der Waals surface area contributed by atoms with E-state index in [0.717, 1.165) is 11.3 Å². The van der Waals surface area contributed by atoms with Gasteiger partial charge in [-0.2, -0.15) is 0 Å². The van der Waals surface area contributed by atoms with Crippen LogP contribution in [0.15, 0.2) is 23.1 Å². The van der Waals surface area contributed by atoms with Crippen LogP contribution in [0, 0.1) is 6.92 Å². The summed E-state index contributed by atoms with van der Waals surface area (Å²) in [5.41, 5.74) is 1.57. The molecule has 0 aliphatic rings. The van der Waals surface area contributed by atoms with Crippen molar-refractivity contribution in [3.8, 4) is 0 Å². The van der Waals surface area contributed by atoms with Gasteiger partial charge in [0.1, 0.15) is 5.82 Å². The smallest absolute Gasteiger partial charge is 0.261 e. The standard InChI is InChI=1S/C11H13ClN2O2S/c1-7(2)14-8(3)13-10-6-9(17(12,15)16)4-5-11(10)14/h4-7H,1-3H3. The van der Waals surface area contributed by atoms with Gasteiger partial charge < -0.3 is 4.57 Å². The SMILES string of the molecule is Cc1nc2cc(S(=O)(=O)Cl)ccc2n1C(C)C. The third-order valence-corrected chi connectivity index (χ3v) is 3.99. The zero-order chi connectivity index (χ0) is 12.8. The molecule has 0 N–H and O–H groups in total. The lowest BCUT2D eigenvalue weighted by Gasteiger charge is -2.10. The lowest BCUT2D eigenvalue weighted by Crippen LogP contribution is -2.02. The Hall–Kier alpha value is -1.07. The molecule has 0 bridgehead atoms. The molecule has 2 aromatic rings. The van der Waals surface area contributed by atoms with Crippen LogP contribution in [-0.4, -0.2) is 18.0 Å². The molecule has 0 aliphatic carbocycles. The molecule has 17 heavy (non-hydrogen) atoms. The lowest BCUT2D eigenvalue weighted by molar-refractivity contribution is 0.600. The topological polar surface area (TPSA) is 52.0 Å². The van der Waals surface area contributed by atoms with Crippen molar-refractivity contribution in [1.29, 1.82) is 0 Å². The van der Waals surface area contributed by atoms with Gasteiger partial charge in [0, 0.05) is 16.7 Å². The van der Waals surface area contributed by atoms with Gasteiger partial charge in [0.05, 0.1) is 15.9 Å². The van der Waals surface area contributed by atoms with Crippen molar-refractivity contribution in [2.24, 2.45) is 0 Å². The molecule has 2 rings (SSSR count). The number of hydrogen-bond donors (Lipinski definition) is 0. The molecule has 4 nitrogen and oxygen atoms in total. The van der Waals surface area contributed by atoms with Crippen LogP contribution in [0.2, 0.25) is 0 Å². The molecule has 0 spiro atoms. The van der Waals surface area contributed by atoms with Crippen LogP contribution in [0.1, 0.15) is 25.7 Å². The fourth-order valence-corrected chi connectivity index (χ4v) is 2.77. The van der Waals surface area contributed by atoms with E-state index >= 15 is 0 Å². The zero-order valence-electron chi connectivity index (χ0n) is 9.81. The fourth-order valence-electron chi connectivity index (χ4n) is 2.00. The Morgan fingerprint density at radius 2 is 2.00 bits per heavy atom. The Kier molecular flexibility index (Phi) is 2.91. The molecule has 1 aromatic heterocycles. The minimum atomic E-state index is -3.70. The molecule has 92 valence electrons. The monoisotopic (exact) mass is 272 g/mol. The van der Waals surface area contributed by atoms with Crippen molar-refractivity contribution >= 4 is 30.8 Å². The molecule has 0 atom stereocenters. The van der Waals surface area contributed by atoms with Crippen LogP contribution in [0.5, 0.6) is 0 Å². The number of nitrogens with zero attached hydrogens (tertiary/aromatic N) is 2. The van der Waals surface area contributed by atoms with E-state index in [2.05, 4.69) is 23.4 Å². The van der Waals surface area contributed by atoms with Gasteiger partial charge in [0.15, 0.2) is 0 Å². The van der Waals surface area contributed by atoms with Crippen LogP contribution >= 0.6 is 10.7 Å². The normalized spacial score (nSPS) is 12.5.